The molecule has 5 heteroatoms. The molecule has 0 bridgehead atoms. The van der Waals surface area contributed by atoms with Crippen molar-refractivity contribution in [3.05, 3.63) is 71.3 Å². The van der Waals surface area contributed by atoms with E-state index in [2.05, 4.69) is 4.90 Å². The third-order valence-electron chi connectivity index (χ3n) is 4.29. The maximum absolute atomic E-state index is 13.2. The first-order valence-corrected chi connectivity index (χ1v) is 8.09. The summed E-state index contributed by atoms with van der Waals surface area (Å²) in [6.45, 7) is 3.65. The number of rotatable bonds is 4. The summed E-state index contributed by atoms with van der Waals surface area (Å²) in [7, 11) is 0. The molecule has 0 atom stereocenters. The van der Waals surface area contributed by atoms with Crippen molar-refractivity contribution in [2.24, 2.45) is 0 Å². The average molecular weight is 330 g/mol. The Labute approximate surface area is 140 Å². The molecule has 3 rings (SSSR count). The molecular formula is C19H20F2N2O. The zero-order chi connectivity index (χ0) is 16.9. The summed E-state index contributed by atoms with van der Waals surface area (Å²) >= 11 is 0. The molecule has 0 spiro atoms. The van der Waals surface area contributed by atoms with Gasteiger partial charge in [-0.3, -0.25) is 9.69 Å². The van der Waals surface area contributed by atoms with E-state index in [1.165, 1.54) is 24.3 Å². The van der Waals surface area contributed by atoms with Crippen LogP contribution in [0.4, 0.5) is 8.78 Å². The van der Waals surface area contributed by atoms with Crippen LogP contribution in [0.3, 0.4) is 0 Å². The molecule has 126 valence electrons. The van der Waals surface area contributed by atoms with Crippen LogP contribution >= 0.6 is 0 Å². The number of hydrogen-bond donors (Lipinski definition) is 0. The van der Waals surface area contributed by atoms with Gasteiger partial charge in [-0.1, -0.05) is 24.3 Å². The third kappa shape index (κ3) is 4.38. The monoisotopic (exact) mass is 330 g/mol. The summed E-state index contributed by atoms with van der Waals surface area (Å²) < 4.78 is 26.1. The molecule has 0 N–H and O–H groups in total. The first kappa shape index (κ1) is 16.6. The van der Waals surface area contributed by atoms with Crippen LogP contribution in [0.2, 0.25) is 0 Å². The highest BCUT2D eigenvalue weighted by atomic mass is 19.1. The van der Waals surface area contributed by atoms with Crippen molar-refractivity contribution in [2.45, 2.75) is 13.0 Å². The molecular weight excluding hydrogens is 310 g/mol. The van der Waals surface area contributed by atoms with Crippen LogP contribution in [0.1, 0.15) is 11.1 Å². The van der Waals surface area contributed by atoms with Crippen LogP contribution in [0.5, 0.6) is 0 Å². The molecule has 0 aromatic heterocycles. The van der Waals surface area contributed by atoms with Gasteiger partial charge in [0.05, 0.1) is 6.42 Å². The van der Waals surface area contributed by atoms with Crippen LogP contribution in [0.15, 0.2) is 48.5 Å². The van der Waals surface area contributed by atoms with Crippen LogP contribution in [-0.2, 0) is 17.8 Å². The van der Waals surface area contributed by atoms with E-state index in [0.717, 1.165) is 25.2 Å². The van der Waals surface area contributed by atoms with Crippen LogP contribution in [0.25, 0.3) is 0 Å². The molecule has 3 nitrogen and oxygen atoms in total. The average Bonchev–Trinajstić information content (AvgIpc) is 2.57. The van der Waals surface area contributed by atoms with Crippen molar-refractivity contribution >= 4 is 5.91 Å². The molecule has 1 aliphatic rings. The van der Waals surface area contributed by atoms with Crippen molar-refractivity contribution in [3.8, 4) is 0 Å². The highest BCUT2D eigenvalue weighted by Gasteiger charge is 2.21. The number of halogens is 2. The molecule has 1 saturated heterocycles. The van der Waals surface area contributed by atoms with Gasteiger partial charge in [0.2, 0.25) is 5.91 Å². The van der Waals surface area contributed by atoms with Gasteiger partial charge in [-0.25, -0.2) is 8.78 Å². The Morgan fingerprint density at radius 2 is 1.58 bits per heavy atom. The number of amides is 1. The summed E-state index contributed by atoms with van der Waals surface area (Å²) in [5.74, 6) is -0.516. The van der Waals surface area contributed by atoms with E-state index in [1.807, 2.05) is 4.90 Å². The smallest absolute Gasteiger partial charge is 0.227 e. The fraction of sp³-hybridized carbons (Fsp3) is 0.316. The summed E-state index contributed by atoms with van der Waals surface area (Å²) in [5.41, 5.74) is 1.77. The molecule has 1 heterocycles. The quantitative estimate of drug-likeness (QED) is 0.861. The minimum absolute atomic E-state index is 0.0297. The second-order valence-electron chi connectivity index (χ2n) is 6.09. The third-order valence-corrected chi connectivity index (χ3v) is 4.29. The fourth-order valence-electron chi connectivity index (χ4n) is 2.94. The van der Waals surface area contributed by atoms with Crippen LogP contribution in [0, 0.1) is 11.6 Å². The standard InChI is InChI=1S/C19H20F2N2O/c20-17-6-4-15(5-7-17)14-22-8-10-23(11-9-22)19(24)13-16-2-1-3-18(21)12-16/h1-7,12H,8-11,13-14H2. The van der Waals surface area contributed by atoms with E-state index < -0.39 is 0 Å². The van der Waals surface area contributed by atoms with E-state index in [-0.39, 0.29) is 24.0 Å². The van der Waals surface area contributed by atoms with Gasteiger partial charge in [-0.2, -0.15) is 0 Å². The first-order valence-electron chi connectivity index (χ1n) is 8.09. The van der Waals surface area contributed by atoms with Crippen molar-refractivity contribution < 1.29 is 13.6 Å². The Morgan fingerprint density at radius 1 is 0.875 bits per heavy atom. The zero-order valence-electron chi connectivity index (χ0n) is 13.4. The van der Waals surface area contributed by atoms with Crippen LogP contribution < -0.4 is 0 Å². The van der Waals surface area contributed by atoms with Crippen molar-refractivity contribution in [3.63, 3.8) is 0 Å². The van der Waals surface area contributed by atoms with Crippen molar-refractivity contribution in [1.82, 2.24) is 9.80 Å². The lowest BCUT2D eigenvalue weighted by Gasteiger charge is -2.34. The Bertz CT molecular complexity index is 695. The lowest BCUT2D eigenvalue weighted by molar-refractivity contribution is -0.132. The molecule has 1 fully saturated rings. The fourth-order valence-corrected chi connectivity index (χ4v) is 2.94. The van der Waals surface area contributed by atoms with Crippen molar-refractivity contribution in [2.75, 3.05) is 26.2 Å². The van der Waals surface area contributed by atoms with Crippen LogP contribution in [-0.4, -0.2) is 41.9 Å². The van der Waals surface area contributed by atoms with Gasteiger partial charge >= 0.3 is 0 Å². The van der Waals surface area contributed by atoms with Gasteiger partial charge in [0.1, 0.15) is 11.6 Å². The number of hydrogen-bond acceptors (Lipinski definition) is 2. The second kappa shape index (κ2) is 7.53. The topological polar surface area (TPSA) is 23.6 Å². The summed E-state index contributed by atoms with van der Waals surface area (Å²) in [6.07, 6.45) is 0.232. The Balaban J connectivity index is 1.49. The predicted octanol–water partition coefficient (Wildman–Crippen LogP) is 2.85. The molecule has 2 aromatic rings. The van der Waals surface area contributed by atoms with E-state index in [4.69, 9.17) is 0 Å². The SMILES string of the molecule is O=C(Cc1cccc(F)c1)N1CCN(Cc2ccc(F)cc2)CC1. The predicted molar refractivity (Wildman–Crippen MR) is 88.4 cm³/mol. The van der Waals surface area contributed by atoms with E-state index in [0.29, 0.717) is 18.7 Å². The van der Waals surface area contributed by atoms with Gasteiger partial charge in [-0.15, -0.1) is 0 Å². The molecule has 0 unspecified atom stereocenters. The lowest BCUT2D eigenvalue weighted by atomic mass is 10.1. The molecule has 0 radical (unpaired) electrons. The number of benzene rings is 2. The minimum atomic E-state index is -0.315. The zero-order valence-corrected chi connectivity index (χ0v) is 13.4. The number of carbonyl (C=O) groups is 1. The maximum Gasteiger partial charge on any atom is 0.227 e. The number of carbonyl (C=O) groups excluding carboxylic acids is 1. The highest BCUT2D eigenvalue weighted by Crippen LogP contribution is 2.12. The summed E-state index contributed by atoms with van der Waals surface area (Å²) in [6, 6.07) is 12.7. The summed E-state index contributed by atoms with van der Waals surface area (Å²) in [4.78, 5) is 16.4. The van der Waals surface area contributed by atoms with E-state index in [1.54, 1.807) is 24.3 Å². The Morgan fingerprint density at radius 3 is 2.25 bits per heavy atom. The summed E-state index contributed by atoms with van der Waals surface area (Å²) in [5, 5.41) is 0. The van der Waals surface area contributed by atoms with Gasteiger partial charge in [-0.05, 0) is 35.4 Å². The Kier molecular flexibility index (Phi) is 5.20. The maximum atomic E-state index is 13.2. The highest BCUT2D eigenvalue weighted by molar-refractivity contribution is 5.78. The normalized spacial score (nSPS) is 15.5. The molecule has 24 heavy (non-hydrogen) atoms. The van der Waals surface area contributed by atoms with Crippen molar-refractivity contribution in [1.29, 1.82) is 0 Å². The minimum Gasteiger partial charge on any atom is -0.340 e. The van der Waals surface area contributed by atoms with Gasteiger partial charge in [0, 0.05) is 32.7 Å². The van der Waals surface area contributed by atoms with Gasteiger partial charge in [0.25, 0.3) is 0 Å². The number of piperazine rings is 1. The first-order chi connectivity index (χ1) is 11.6. The van der Waals surface area contributed by atoms with E-state index >= 15 is 0 Å². The van der Waals surface area contributed by atoms with Gasteiger partial charge < -0.3 is 4.90 Å². The molecule has 0 aliphatic carbocycles. The lowest BCUT2D eigenvalue weighted by Crippen LogP contribution is -2.48. The molecule has 2 aromatic carbocycles. The second-order valence-corrected chi connectivity index (χ2v) is 6.09. The molecule has 0 saturated carbocycles. The molecule has 1 amide bonds. The Hall–Kier alpha value is -2.27. The molecule has 1 aliphatic heterocycles. The van der Waals surface area contributed by atoms with E-state index in [9.17, 15) is 13.6 Å². The number of nitrogens with zero attached hydrogens (tertiary/aromatic N) is 2. The largest absolute Gasteiger partial charge is 0.340 e. The van der Waals surface area contributed by atoms with Gasteiger partial charge in [0.15, 0.2) is 0 Å².